The van der Waals surface area contributed by atoms with Crippen molar-refractivity contribution in [3.63, 3.8) is 0 Å². The van der Waals surface area contributed by atoms with E-state index >= 15 is 0 Å². The minimum absolute atomic E-state index is 0.0479. The molecule has 5 aliphatic rings. The van der Waals surface area contributed by atoms with Crippen molar-refractivity contribution in [1.82, 2.24) is 31.6 Å². The van der Waals surface area contributed by atoms with Gasteiger partial charge in [-0.1, -0.05) is 25.0 Å². The van der Waals surface area contributed by atoms with Gasteiger partial charge in [0.2, 0.25) is 5.91 Å². The third-order valence-corrected chi connectivity index (χ3v) is 12.0. The number of phenols is 1. The van der Waals surface area contributed by atoms with E-state index in [9.17, 15) is 33.9 Å². The third-order valence-electron chi connectivity index (χ3n) is 9.01. The molecule has 1 aromatic carbocycles. The van der Waals surface area contributed by atoms with Gasteiger partial charge in [0.05, 0.1) is 24.2 Å². The molecule has 5 saturated heterocycles. The fourth-order valence-electron chi connectivity index (χ4n) is 6.43. The van der Waals surface area contributed by atoms with E-state index in [1.165, 1.54) is 0 Å². The second-order valence-corrected chi connectivity index (χ2v) is 15.1. The van der Waals surface area contributed by atoms with E-state index < -0.39 is 17.8 Å². The Bertz CT molecular complexity index is 1330. The molecule has 6 atom stereocenters. The number of imide groups is 1. The molecule has 0 aliphatic carbocycles. The standard InChI is InChI=1S/C18H25N3O3S.C14H19N3O5S/c22-13-7-5-12(6-8-13)9-10-19-16(23)4-2-1-3-15-17-14(11-25-15)20-18(24)21-17;18-10-5-6-11(19)17(10)22-12(20)4-2-1-3-9-13-8(7-23-9)15-14(21)16-13/h5-8,14-15,17,22H,1-4,9-11H2,(H,19,23)(H2,20,21,24);8-9,13H,1-7H2,(H2,15,16,21)/t14-,15-,17-;8-,9-,13-/m00/s1. The molecule has 0 aromatic heterocycles. The number of carbonyl (C=O) groups excluding carboxylic acids is 6. The number of benzene rings is 1. The number of aromatic hydroxyl groups is 1. The Morgan fingerprint density at radius 1 is 0.792 bits per heavy atom. The van der Waals surface area contributed by atoms with Gasteiger partial charge in [-0.05, 0) is 49.8 Å². The van der Waals surface area contributed by atoms with Crippen molar-refractivity contribution in [3.8, 4) is 5.75 Å². The molecule has 7 amide bonds. The number of hydrogen-bond acceptors (Lipinski definition) is 10. The highest BCUT2D eigenvalue weighted by molar-refractivity contribution is 8.00. The molecule has 6 rings (SSSR count). The Balaban J connectivity index is 0.000000188. The Morgan fingerprint density at radius 2 is 1.33 bits per heavy atom. The van der Waals surface area contributed by atoms with Crippen LogP contribution in [0.3, 0.4) is 0 Å². The van der Waals surface area contributed by atoms with Gasteiger partial charge in [0.25, 0.3) is 11.8 Å². The number of fused-ring (bicyclic) bond motifs is 2. The van der Waals surface area contributed by atoms with Crippen molar-refractivity contribution in [3.05, 3.63) is 29.8 Å². The van der Waals surface area contributed by atoms with Crippen LogP contribution in [0.1, 0.15) is 69.8 Å². The highest BCUT2D eigenvalue weighted by atomic mass is 32.2. The summed E-state index contributed by atoms with van der Waals surface area (Å²) < 4.78 is 0. The second-order valence-electron chi connectivity index (χ2n) is 12.5. The lowest BCUT2D eigenvalue weighted by molar-refractivity contribution is -0.197. The van der Waals surface area contributed by atoms with Crippen LogP contribution in [0.5, 0.6) is 5.75 Å². The predicted molar refractivity (Wildman–Crippen MR) is 180 cm³/mol. The molecule has 5 aliphatic heterocycles. The Morgan fingerprint density at radius 3 is 1.90 bits per heavy atom. The summed E-state index contributed by atoms with van der Waals surface area (Å²) in [6.45, 7) is 0.615. The lowest BCUT2D eigenvalue weighted by atomic mass is 10.0. The summed E-state index contributed by atoms with van der Waals surface area (Å²) in [4.78, 5) is 73.7. The van der Waals surface area contributed by atoms with Crippen LogP contribution in [0.25, 0.3) is 0 Å². The molecule has 262 valence electrons. The van der Waals surface area contributed by atoms with Crippen LogP contribution < -0.4 is 26.6 Å². The number of thioether (sulfide) groups is 2. The van der Waals surface area contributed by atoms with Crippen LogP contribution in [-0.2, 0) is 30.4 Å². The van der Waals surface area contributed by atoms with Gasteiger partial charge in [-0.15, -0.1) is 5.06 Å². The summed E-state index contributed by atoms with van der Waals surface area (Å²) in [5.74, 6) is 0.768. The van der Waals surface area contributed by atoms with Crippen molar-refractivity contribution in [2.75, 3.05) is 18.1 Å². The van der Waals surface area contributed by atoms with E-state index in [0.717, 1.165) is 55.6 Å². The predicted octanol–water partition coefficient (Wildman–Crippen LogP) is 2.10. The number of carbonyl (C=O) groups is 6. The highest BCUT2D eigenvalue weighted by Crippen LogP contribution is 2.34. The van der Waals surface area contributed by atoms with Gasteiger partial charge in [-0.2, -0.15) is 23.5 Å². The maximum atomic E-state index is 11.9. The van der Waals surface area contributed by atoms with Gasteiger partial charge in [0.1, 0.15) is 5.75 Å². The number of hydroxylamine groups is 2. The topological polar surface area (TPSA) is 195 Å². The molecule has 0 spiro atoms. The third kappa shape index (κ3) is 9.94. The van der Waals surface area contributed by atoms with Crippen LogP contribution in [0.4, 0.5) is 9.59 Å². The number of nitrogens with one attached hydrogen (secondary N) is 5. The van der Waals surface area contributed by atoms with Crippen molar-refractivity contribution in [2.45, 2.75) is 105 Å². The second kappa shape index (κ2) is 17.1. The molecule has 6 N–H and O–H groups in total. The molecule has 0 unspecified atom stereocenters. The number of unbranched alkanes of at least 4 members (excludes halogenated alkanes) is 2. The van der Waals surface area contributed by atoms with E-state index in [1.807, 2.05) is 35.7 Å². The minimum Gasteiger partial charge on any atom is -0.508 e. The quantitative estimate of drug-likeness (QED) is 0.0949. The van der Waals surface area contributed by atoms with Crippen molar-refractivity contribution < 1.29 is 38.7 Å². The molecule has 14 nitrogen and oxygen atoms in total. The first-order valence-electron chi connectivity index (χ1n) is 16.6. The number of nitrogens with zero attached hydrogens (tertiary/aromatic N) is 1. The smallest absolute Gasteiger partial charge is 0.333 e. The maximum absolute atomic E-state index is 11.9. The van der Waals surface area contributed by atoms with E-state index in [4.69, 9.17) is 4.84 Å². The molecule has 5 fully saturated rings. The fraction of sp³-hybridized carbons (Fsp3) is 0.625. The fourth-order valence-corrected chi connectivity index (χ4v) is 9.52. The molecule has 0 radical (unpaired) electrons. The van der Waals surface area contributed by atoms with Gasteiger partial charge >= 0.3 is 18.0 Å². The normalized spacial score (nSPS) is 26.9. The zero-order valence-electron chi connectivity index (χ0n) is 26.7. The molecule has 16 heteroatoms. The Kier molecular flexibility index (Phi) is 12.7. The van der Waals surface area contributed by atoms with Crippen molar-refractivity contribution in [2.24, 2.45) is 0 Å². The number of hydrogen-bond donors (Lipinski definition) is 6. The molecule has 5 heterocycles. The number of phenolic OH excluding ortho intramolecular Hbond substituents is 1. The minimum atomic E-state index is -0.554. The first kappa shape index (κ1) is 35.6. The van der Waals surface area contributed by atoms with Gasteiger partial charge in [-0.3, -0.25) is 14.4 Å². The zero-order chi connectivity index (χ0) is 34.0. The first-order chi connectivity index (χ1) is 23.2. The average Bonchev–Trinajstić information content (AvgIpc) is 3.86. The van der Waals surface area contributed by atoms with Crippen molar-refractivity contribution in [1.29, 1.82) is 0 Å². The largest absolute Gasteiger partial charge is 0.508 e. The van der Waals surface area contributed by atoms with Crippen LogP contribution in [-0.4, -0.2) is 98.6 Å². The molecular weight excluding hydrogens is 661 g/mol. The van der Waals surface area contributed by atoms with E-state index in [0.29, 0.717) is 34.9 Å². The summed E-state index contributed by atoms with van der Waals surface area (Å²) in [6.07, 6.45) is 6.97. The van der Waals surface area contributed by atoms with Gasteiger partial charge in [0, 0.05) is 54.2 Å². The SMILES string of the molecule is O=C(CCCC[C@@H]1SC[C@@H]2NC(=O)N[C@@H]21)NCCc1ccc(O)cc1.O=C1N[C@H]2[C@H](CS[C@H]2CCCCC(=O)ON2C(=O)CCC2=O)N1. The number of urea groups is 2. The van der Waals surface area contributed by atoms with E-state index in [1.54, 1.807) is 12.1 Å². The molecule has 48 heavy (non-hydrogen) atoms. The van der Waals surface area contributed by atoms with Crippen LogP contribution in [0.2, 0.25) is 0 Å². The Hall–Kier alpha value is -3.66. The molecule has 0 bridgehead atoms. The monoisotopic (exact) mass is 704 g/mol. The van der Waals surface area contributed by atoms with E-state index in [-0.39, 0.29) is 67.1 Å². The van der Waals surface area contributed by atoms with Crippen molar-refractivity contribution >= 4 is 59.3 Å². The zero-order valence-corrected chi connectivity index (χ0v) is 28.4. The summed E-state index contributed by atoms with van der Waals surface area (Å²) in [6, 6.07) is 7.78. The lowest BCUT2D eigenvalue weighted by Gasteiger charge is -2.16. The number of rotatable bonds is 14. The Labute approximate surface area is 287 Å². The maximum Gasteiger partial charge on any atom is 0.333 e. The number of amides is 7. The van der Waals surface area contributed by atoms with E-state index in [2.05, 4.69) is 26.6 Å². The molecule has 0 saturated carbocycles. The molecular formula is C32H44N6O8S2. The first-order valence-corrected chi connectivity index (χ1v) is 18.7. The van der Waals surface area contributed by atoms with Gasteiger partial charge < -0.3 is 36.5 Å². The highest BCUT2D eigenvalue weighted by Gasteiger charge is 2.43. The van der Waals surface area contributed by atoms with Crippen LogP contribution in [0.15, 0.2) is 24.3 Å². The molecule has 1 aromatic rings. The lowest BCUT2D eigenvalue weighted by Crippen LogP contribution is -2.36. The van der Waals surface area contributed by atoms with Gasteiger partial charge in [0.15, 0.2) is 0 Å². The summed E-state index contributed by atoms with van der Waals surface area (Å²) >= 11 is 3.74. The summed E-state index contributed by atoms with van der Waals surface area (Å²) in [5.41, 5.74) is 1.10. The summed E-state index contributed by atoms with van der Waals surface area (Å²) in [7, 11) is 0. The van der Waals surface area contributed by atoms with Gasteiger partial charge in [-0.25, -0.2) is 14.4 Å². The average molecular weight is 705 g/mol. The van der Waals surface area contributed by atoms with Crippen LogP contribution >= 0.6 is 23.5 Å². The summed E-state index contributed by atoms with van der Waals surface area (Å²) in [5, 5.41) is 25.3. The van der Waals surface area contributed by atoms with Crippen LogP contribution in [0, 0.1) is 0 Å².